The summed E-state index contributed by atoms with van der Waals surface area (Å²) in [6.45, 7) is 7.75. The fraction of sp³-hybridized carbons (Fsp3) is 0.333. The van der Waals surface area contributed by atoms with E-state index in [1.54, 1.807) is 0 Å². The topological polar surface area (TPSA) is 54.5 Å². The van der Waals surface area contributed by atoms with Crippen molar-refractivity contribution < 1.29 is 9.53 Å². The van der Waals surface area contributed by atoms with E-state index in [0.29, 0.717) is 11.4 Å². The number of morpholine rings is 1. The number of carbonyl (C=O) groups is 1. The van der Waals surface area contributed by atoms with E-state index in [4.69, 9.17) is 4.74 Å². The summed E-state index contributed by atoms with van der Waals surface area (Å²) >= 11 is 1.45. The number of aromatic nitrogens is 1. The number of nitrogens with zero attached hydrogens (tertiary/aromatic N) is 2. The van der Waals surface area contributed by atoms with Gasteiger partial charge >= 0.3 is 0 Å². The van der Waals surface area contributed by atoms with Crippen LogP contribution in [0.5, 0.6) is 0 Å². The van der Waals surface area contributed by atoms with Crippen LogP contribution in [0.1, 0.15) is 32.5 Å². The molecule has 0 aliphatic carbocycles. The molecule has 1 unspecified atom stereocenters. The minimum Gasteiger partial charge on any atom is -0.379 e. The van der Waals surface area contributed by atoms with Gasteiger partial charge in [0, 0.05) is 25.2 Å². The van der Waals surface area contributed by atoms with Gasteiger partial charge in [0.05, 0.1) is 24.9 Å². The number of nitrogens with one attached hydrogen (secondary N) is 1. The van der Waals surface area contributed by atoms with Crippen LogP contribution >= 0.6 is 11.3 Å². The second-order valence-electron chi connectivity index (χ2n) is 7.59. The molecule has 0 spiro atoms. The van der Waals surface area contributed by atoms with Gasteiger partial charge in [-0.15, -0.1) is 11.3 Å². The van der Waals surface area contributed by atoms with Gasteiger partial charge in [-0.05, 0) is 19.4 Å². The first-order chi connectivity index (χ1) is 14.6. The molecule has 2 heterocycles. The highest BCUT2D eigenvalue weighted by molar-refractivity contribution is 7.17. The van der Waals surface area contributed by atoms with Crippen molar-refractivity contribution in [2.75, 3.05) is 32.8 Å². The Hall–Kier alpha value is -2.54. The van der Waals surface area contributed by atoms with Gasteiger partial charge in [-0.3, -0.25) is 9.69 Å². The molecule has 1 amide bonds. The molecule has 0 radical (unpaired) electrons. The molecule has 1 aliphatic rings. The Labute approximate surface area is 181 Å². The van der Waals surface area contributed by atoms with Gasteiger partial charge in [0.1, 0.15) is 9.88 Å². The number of hydrogen-bond acceptors (Lipinski definition) is 5. The van der Waals surface area contributed by atoms with E-state index in [1.165, 1.54) is 22.5 Å². The summed E-state index contributed by atoms with van der Waals surface area (Å²) in [6.07, 6.45) is 0. The molecule has 0 bridgehead atoms. The van der Waals surface area contributed by atoms with E-state index in [0.717, 1.165) is 42.6 Å². The number of carbonyl (C=O) groups excluding carboxylic acids is 1. The maximum atomic E-state index is 13.0. The van der Waals surface area contributed by atoms with Crippen LogP contribution in [0.3, 0.4) is 0 Å². The molecule has 0 saturated carbocycles. The number of ether oxygens (including phenoxy) is 1. The van der Waals surface area contributed by atoms with Gasteiger partial charge in [0.15, 0.2) is 0 Å². The Morgan fingerprint density at radius 1 is 1.13 bits per heavy atom. The Morgan fingerprint density at radius 3 is 2.63 bits per heavy atom. The van der Waals surface area contributed by atoms with Crippen LogP contribution in [0.4, 0.5) is 0 Å². The van der Waals surface area contributed by atoms with Crippen LogP contribution in [0, 0.1) is 13.8 Å². The third kappa shape index (κ3) is 4.78. The van der Waals surface area contributed by atoms with Gasteiger partial charge < -0.3 is 10.1 Å². The molecule has 1 aromatic heterocycles. The first-order valence-electron chi connectivity index (χ1n) is 10.3. The van der Waals surface area contributed by atoms with E-state index in [-0.39, 0.29) is 11.9 Å². The van der Waals surface area contributed by atoms with Crippen molar-refractivity contribution in [1.29, 1.82) is 0 Å². The number of benzene rings is 2. The van der Waals surface area contributed by atoms with Crippen molar-refractivity contribution in [3.63, 3.8) is 0 Å². The molecule has 1 saturated heterocycles. The first kappa shape index (κ1) is 20.7. The molecule has 1 atom stereocenters. The van der Waals surface area contributed by atoms with Gasteiger partial charge in [-0.25, -0.2) is 4.98 Å². The Morgan fingerprint density at radius 2 is 1.90 bits per heavy atom. The molecule has 1 fully saturated rings. The molecular formula is C24H27N3O2S. The average molecular weight is 422 g/mol. The molecule has 30 heavy (non-hydrogen) atoms. The lowest BCUT2D eigenvalue weighted by Gasteiger charge is -2.35. The highest BCUT2D eigenvalue weighted by atomic mass is 32.1. The van der Waals surface area contributed by atoms with E-state index >= 15 is 0 Å². The fourth-order valence-corrected chi connectivity index (χ4v) is 4.79. The molecular weight excluding hydrogens is 394 g/mol. The maximum absolute atomic E-state index is 13.0. The van der Waals surface area contributed by atoms with E-state index < -0.39 is 0 Å². The highest BCUT2D eigenvalue weighted by Crippen LogP contribution is 2.28. The predicted octanol–water partition coefficient (Wildman–Crippen LogP) is 4.23. The zero-order valence-electron chi connectivity index (χ0n) is 17.4. The SMILES string of the molecule is Cc1cccc(C(CNC(=O)c2sc(-c3ccccc3)nc2C)N2CCOCC2)c1. The number of hydrogen-bond donors (Lipinski definition) is 1. The van der Waals surface area contributed by atoms with Crippen molar-refractivity contribution in [2.24, 2.45) is 0 Å². The van der Waals surface area contributed by atoms with Crippen LogP contribution < -0.4 is 5.32 Å². The van der Waals surface area contributed by atoms with Crippen LogP contribution in [-0.2, 0) is 4.74 Å². The van der Waals surface area contributed by atoms with Gasteiger partial charge in [0.25, 0.3) is 5.91 Å². The Balaban J connectivity index is 1.51. The first-order valence-corrected chi connectivity index (χ1v) is 11.1. The molecule has 156 valence electrons. The van der Waals surface area contributed by atoms with Crippen molar-refractivity contribution in [3.8, 4) is 10.6 Å². The van der Waals surface area contributed by atoms with Gasteiger partial charge in [0.2, 0.25) is 0 Å². The van der Waals surface area contributed by atoms with Crippen molar-refractivity contribution in [1.82, 2.24) is 15.2 Å². The standard InChI is InChI=1S/C24H27N3O2S/c1-17-7-6-10-20(15-17)21(27-11-13-29-14-12-27)16-25-23(28)22-18(2)26-24(30-22)19-8-4-3-5-9-19/h3-10,15,21H,11-14,16H2,1-2H3,(H,25,28). The fourth-order valence-electron chi connectivity index (χ4n) is 3.81. The largest absolute Gasteiger partial charge is 0.379 e. The number of aryl methyl sites for hydroxylation is 2. The molecule has 3 aromatic rings. The minimum atomic E-state index is -0.0573. The molecule has 1 N–H and O–H groups in total. The van der Waals surface area contributed by atoms with Crippen molar-refractivity contribution in [3.05, 3.63) is 76.3 Å². The Kier molecular flexibility index (Phi) is 6.57. The van der Waals surface area contributed by atoms with Crippen molar-refractivity contribution >= 4 is 17.2 Å². The van der Waals surface area contributed by atoms with Gasteiger partial charge in [-0.2, -0.15) is 0 Å². The van der Waals surface area contributed by atoms with Crippen LogP contribution in [-0.4, -0.2) is 48.6 Å². The zero-order chi connectivity index (χ0) is 20.9. The normalized spacial score (nSPS) is 15.7. The predicted molar refractivity (Wildman–Crippen MR) is 121 cm³/mol. The molecule has 5 nitrogen and oxygen atoms in total. The zero-order valence-corrected chi connectivity index (χ0v) is 18.2. The van der Waals surface area contributed by atoms with E-state index in [2.05, 4.69) is 46.4 Å². The average Bonchev–Trinajstić information content (AvgIpc) is 3.17. The number of amides is 1. The summed E-state index contributed by atoms with van der Waals surface area (Å²) in [5.74, 6) is -0.0573. The summed E-state index contributed by atoms with van der Waals surface area (Å²) in [5, 5.41) is 4.05. The minimum absolute atomic E-state index is 0.0573. The van der Waals surface area contributed by atoms with E-state index in [1.807, 2.05) is 37.3 Å². The lowest BCUT2D eigenvalue weighted by atomic mass is 10.0. The number of thiazole rings is 1. The van der Waals surface area contributed by atoms with Crippen LogP contribution in [0.2, 0.25) is 0 Å². The van der Waals surface area contributed by atoms with Gasteiger partial charge in [-0.1, -0.05) is 60.2 Å². The molecule has 4 rings (SSSR count). The molecule has 6 heteroatoms. The number of rotatable bonds is 6. The second-order valence-corrected chi connectivity index (χ2v) is 8.59. The highest BCUT2D eigenvalue weighted by Gasteiger charge is 2.24. The van der Waals surface area contributed by atoms with Crippen LogP contribution in [0.25, 0.3) is 10.6 Å². The second kappa shape index (κ2) is 9.51. The quantitative estimate of drug-likeness (QED) is 0.647. The maximum Gasteiger partial charge on any atom is 0.263 e. The summed E-state index contributed by atoms with van der Waals surface area (Å²) in [6, 6.07) is 18.7. The molecule has 2 aromatic carbocycles. The summed E-state index contributed by atoms with van der Waals surface area (Å²) in [7, 11) is 0. The molecule has 1 aliphatic heterocycles. The lowest BCUT2D eigenvalue weighted by molar-refractivity contribution is 0.0162. The smallest absolute Gasteiger partial charge is 0.263 e. The lowest BCUT2D eigenvalue weighted by Crippen LogP contribution is -2.43. The summed E-state index contributed by atoms with van der Waals surface area (Å²) < 4.78 is 5.53. The summed E-state index contributed by atoms with van der Waals surface area (Å²) in [5.41, 5.74) is 4.26. The third-order valence-electron chi connectivity index (χ3n) is 5.39. The summed E-state index contributed by atoms with van der Waals surface area (Å²) in [4.78, 5) is 20.7. The monoisotopic (exact) mass is 421 g/mol. The van der Waals surface area contributed by atoms with Crippen LogP contribution in [0.15, 0.2) is 54.6 Å². The third-order valence-corrected chi connectivity index (χ3v) is 6.60. The van der Waals surface area contributed by atoms with Crippen molar-refractivity contribution in [2.45, 2.75) is 19.9 Å². The van der Waals surface area contributed by atoms with E-state index in [9.17, 15) is 4.79 Å². The Bertz CT molecular complexity index is 997.